The molecule has 0 saturated heterocycles. The highest BCUT2D eigenvalue weighted by Gasteiger charge is 2.14. The molecule has 0 aliphatic rings. The lowest BCUT2D eigenvalue weighted by Gasteiger charge is -2.22. The molecule has 0 aliphatic carbocycles. The van der Waals surface area contributed by atoms with Gasteiger partial charge in [0.25, 0.3) is 0 Å². The van der Waals surface area contributed by atoms with Gasteiger partial charge in [-0.1, -0.05) is 18.2 Å². The highest BCUT2D eigenvalue weighted by atomic mass is 19.1. The quantitative estimate of drug-likeness (QED) is 0.902. The van der Waals surface area contributed by atoms with Crippen molar-refractivity contribution in [2.45, 2.75) is 19.5 Å². The highest BCUT2D eigenvalue weighted by Crippen LogP contribution is 2.19. The number of hydrogen-bond donors (Lipinski definition) is 1. The van der Waals surface area contributed by atoms with Crippen molar-refractivity contribution in [2.24, 2.45) is 0 Å². The molecule has 1 N–H and O–H groups in total. The molecule has 2 aromatic carbocycles. The predicted octanol–water partition coefficient (Wildman–Crippen LogP) is 3.88. The minimum Gasteiger partial charge on any atom is -0.494 e. The number of rotatable bonds is 5. The number of carbonyl (C=O) groups excluding carboxylic acids is 1. The van der Waals surface area contributed by atoms with E-state index in [1.807, 2.05) is 6.92 Å². The molecule has 2 amide bonds. The van der Waals surface area contributed by atoms with Gasteiger partial charge in [-0.05, 0) is 42.3 Å². The van der Waals surface area contributed by atoms with Gasteiger partial charge in [0.2, 0.25) is 0 Å². The smallest absolute Gasteiger partial charge is 0.317 e. The molecule has 0 aromatic heterocycles. The molecule has 24 heavy (non-hydrogen) atoms. The summed E-state index contributed by atoms with van der Waals surface area (Å²) in [6, 6.07) is 9.94. The molecule has 1 unspecified atom stereocenters. The van der Waals surface area contributed by atoms with Gasteiger partial charge in [-0.3, -0.25) is 0 Å². The Labute approximate surface area is 140 Å². The van der Waals surface area contributed by atoms with Crippen LogP contribution < -0.4 is 10.1 Å². The average Bonchev–Trinajstić information content (AvgIpc) is 2.55. The molecule has 2 aromatic rings. The number of ether oxygens (including phenoxy) is 1. The molecule has 1 atom stereocenters. The molecule has 0 aliphatic heterocycles. The average molecular weight is 334 g/mol. The van der Waals surface area contributed by atoms with Crippen LogP contribution in [0.15, 0.2) is 42.5 Å². The van der Waals surface area contributed by atoms with Gasteiger partial charge in [0.05, 0.1) is 13.2 Å². The molecule has 0 radical (unpaired) electrons. The van der Waals surface area contributed by atoms with Crippen molar-refractivity contribution >= 4 is 6.03 Å². The molecule has 2 rings (SSSR count). The second-order valence-electron chi connectivity index (χ2n) is 5.55. The van der Waals surface area contributed by atoms with Crippen molar-refractivity contribution in [3.8, 4) is 5.75 Å². The molecular formula is C18H20F2N2O2. The van der Waals surface area contributed by atoms with Crippen molar-refractivity contribution in [1.29, 1.82) is 0 Å². The minimum atomic E-state index is -0.469. The van der Waals surface area contributed by atoms with Crippen LogP contribution in [0.3, 0.4) is 0 Å². The van der Waals surface area contributed by atoms with E-state index < -0.39 is 5.82 Å². The van der Waals surface area contributed by atoms with Gasteiger partial charge in [-0.2, -0.15) is 0 Å². The van der Waals surface area contributed by atoms with E-state index in [9.17, 15) is 13.6 Å². The molecular weight excluding hydrogens is 314 g/mol. The number of halogens is 2. The lowest BCUT2D eigenvalue weighted by molar-refractivity contribution is 0.203. The first-order chi connectivity index (χ1) is 11.4. The number of carbonyl (C=O) groups is 1. The third kappa shape index (κ3) is 4.44. The van der Waals surface area contributed by atoms with Crippen LogP contribution in [-0.4, -0.2) is 25.1 Å². The number of nitrogens with one attached hydrogen (secondary N) is 1. The van der Waals surface area contributed by atoms with Crippen molar-refractivity contribution in [2.75, 3.05) is 14.2 Å². The minimum absolute atomic E-state index is 0.163. The van der Waals surface area contributed by atoms with Crippen molar-refractivity contribution in [3.63, 3.8) is 0 Å². The molecule has 0 bridgehead atoms. The summed E-state index contributed by atoms with van der Waals surface area (Å²) in [5, 5.41) is 2.82. The van der Waals surface area contributed by atoms with Crippen molar-refractivity contribution in [1.82, 2.24) is 10.2 Å². The van der Waals surface area contributed by atoms with E-state index in [0.29, 0.717) is 5.56 Å². The second-order valence-corrected chi connectivity index (χ2v) is 5.55. The SMILES string of the molecule is COc1ccc(CN(C)C(=O)NC(C)c2ccc(F)cc2)cc1F. The van der Waals surface area contributed by atoms with E-state index in [1.165, 1.54) is 36.3 Å². The van der Waals surface area contributed by atoms with E-state index in [2.05, 4.69) is 5.32 Å². The van der Waals surface area contributed by atoms with Crippen LogP contribution in [-0.2, 0) is 6.54 Å². The summed E-state index contributed by atoms with van der Waals surface area (Å²) in [5.41, 5.74) is 1.45. The number of amides is 2. The summed E-state index contributed by atoms with van der Waals surface area (Å²) in [5.74, 6) is -0.629. The summed E-state index contributed by atoms with van der Waals surface area (Å²) in [4.78, 5) is 13.7. The van der Waals surface area contributed by atoms with E-state index in [4.69, 9.17) is 4.74 Å². The molecule has 6 heteroatoms. The Bertz CT molecular complexity index is 705. The number of hydrogen-bond acceptors (Lipinski definition) is 2. The number of nitrogens with zero attached hydrogens (tertiary/aromatic N) is 1. The van der Waals surface area contributed by atoms with E-state index in [-0.39, 0.29) is 30.2 Å². The summed E-state index contributed by atoms with van der Waals surface area (Å²) in [7, 11) is 3.02. The van der Waals surface area contributed by atoms with Gasteiger partial charge in [0.15, 0.2) is 11.6 Å². The van der Waals surface area contributed by atoms with Gasteiger partial charge in [-0.15, -0.1) is 0 Å². The third-order valence-electron chi connectivity index (χ3n) is 3.69. The van der Waals surface area contributed by atoms with Crippen LogP contribution in [0, 0.1) is 11.6 Å². The Morgan fingerprint density at radius 3 is 2.46 bits per heavy atom. The monoisotopic (exact) mass is 334 g/mol. The van der Waals surface area contributed by atoms with E-state index in [0.717, 1.165) is 5.56 Å². The fraction of sp³-hybridized carbons (Fsp3) is 0.278. The number of methoxy groups -OCH3 is 1. The molecule has 0 spiro atoms. The molecule has 128 valence electrons. The lowest BCUT2D eigenvalue weighted by Crippen LogP contribution is -2.38. The Morgan fingerprint density at radius 2 is 1.88 bits per heavy atom. The first kappa shape index (κ1) is 17.7. The zero-order chi connectivity index (χ0) is 17.7. The molecule has 0 fully saturated rings. The first-order valence-corrected chi connectivity index (χ1v) is 7.50. The van der Waals surface area contributed by atoms with Crippen molar-refractivity contribution < 1.29 is 18.3 Å². The summed E-state index contributed by atoms with van der Waals surface area (Å²) >= 11 is 0. The Kier molecular flexibility index (Phi) is 5.73. The predicted molar refractivity (Wildman–Crippen MR) is 87.8 cm³/mol. The number of benzene rings is 2. The normalized spacial score (nSPS) is 11.7. The van der Waals surface area contributed by atoms with Gasteiger partial charge >= 0.3 is 6.03 Å². The standard InChI is InChI=1S/C18H20F2N2O2/c1-12(14-5-7-15(19)8-6-14)21-18(23)22(2)11-13-4-9-17(24-3)16(20)10-13/h4-10,12H,11H2,1-3H3,(H,21,23). The van der Waals surface area contributed by atoms with Crippen LogP contribution in [0.25, 0.3) is 0 Å². The zero-order valence-electron chi connectivity index (χ0n) is 13.8. The van der Waals surface area contributed by atoms with Crippen LogP contribution in [0.2, 0.25) is 0 Å². The van der Waals surface area contributed by atoms with Crippen LogP contribution >= 0.6 is 0 Å². The summed E-state index contributed by atoms with van der Waals surface area (Å²) < 4.78 is 31.5. The van der Waals surface area contributed by atoms with Crippen LogP contribution in [0.4, 0.5) is 13.6 Å². The zero-order valence-corrected chi connectivity index (χ0v) is 13.8. The van der Waals surface area contributed by atoms with Crippen LogP contribution in [0.5, 0.6) is 5.75 Å². The lowest BCUT2D eigenvalue weighted by atomic mass is 10.1. The highest BCUT2D eigenvalue weighted by molar-refractivity contribution is 5.74. The maximum absolute atomic E-state index is 13.7. The number of urea groups is 1. The third-order valence-corrected chi connectivity index (χ3v) is 3.69. The van der Waals surface area contributed by atoms with Gasteiger partial charge < -0.3 is 15.0 Å². The Hall–Kier alpha value is -2.63. The Balaban J connectivity index is 1.96. The molecule has 4 nitrogen and oxygen atoms in total. The van der Waals surface area contributed by atoms with Crippen molar-refractivity contribution in [3.05, 3.63) is 65.2 Å². The maximum Gasteiger partial charge on any atom is 0.317 e. The van der Waals surface area contributed by atoms with Gasteiger partial charge in [0, 0.05) is 13.6 Å². The van der Waals surface area contributed by atoms with E-state index in [1.54, 1.807) is 25.2 Å². The second kappa shape index (κ2) is 7.77. The fourth-order valence-electron chi connectivity index (χ4n) is 2.28. The van der Waals surface area contributed by atoms with Gasteiger partial charge in [-0.25, -0.2) is 13.6 Å². The Morgan fingerprint density at radius 1 is 1.21 bits per heavy atom. The summed E-state index contributed by atoms with van der Waals surface area (Å²) in [6.07, 6.45) is 0. The molecule has 0 heterocycles. The van der Waals surface area contributed by atoms with Gasteiger partial charge in [0.1, 0.15) is 5.82 Å². The topological polar surface area (TPSA) is 41.6 Å². The summed E-state index contributed by atoms with van der Waals surface area (Å²) in [6.45, 7) is 2.06. The fourth-order valence-corrected chi connectivity index (χ4v) is 2.28. The van der Waals surface area contributed by atoms with E-state index >= 15 is 0 Å². The largest absolute Gasteiger partial charge is 0.494 e. The first-order valence-electron chi connectivity index (χ1n) is 7.50. The van der Waals surface area contributed by atoms with Crippen LogP contribution in [0.1, 0.15) is 24.1 Å². The molecule has 0 saturated carbocycles. The maximum atomic E-state index is 13.7.